The van der Waals surface area contributed by atoms with Crippen molar-refractivity contribution in [3.05, 3.63) is 0 Å². The van der Waals surface area contributed by atoms with E-state index < -0.39 is 43.0 Å². The van der Waals surface area contributed by atoms with Crippen LogP contribution < -0.4 is 0 Å². The molecule has 0 bridgehead atoms. The third-order valence-corrected chi connectivity index (χ3v) is 16.9. The number of hydrogen-bond acceptors (Lipinski definition) is 4. The van der Waals surface area contributed by atoms with Crippen molar-refractivity contribution < 1.29 is 16.5 Å². The van der Waals surface area contributed by atoms with Gasteiger partial charge in [0.15, 0.2) is 16.6 Å². The van der Waals surface area contributed by atoms with Crippen molar-refractivity contribution >= 4 is 43.0 Å². The molecule has 0 heterocycles. The summed E-state index contributed by atoms with van der Waals surface area (Å²) in [5.41, 5.74) is 0. The van der Waals surface area contributed by atoms with Gasteiger partial charge >= 0.3 is 26.4 Å². The van der Waals surface area contributed by atoms with Crippen LogP contribution in [0.3, 0.4) is 0 Å². The van der Waals surface area contributed by atoms with Crippen molar-refractivity contribution in [1.82, 2.24) is 0 Å². The SMILES string of the molecule is C[Si](O[Si](C)(C)O[Si](C)(C)C)O[Si](C)(C)O[Si](C)(C)C. The molecule has 0 aliphatic carbocycles. The summed E-state index contributed by atoms with van der Waals surface area (Å²) in [5.74, 6) is 0. The van der Waals surface area contributed by atoms with Crippen LogP contribution in [-0.2, 0) is 16.5 Å². The van der Waals surface area contributed by atoms with Gasteiger partial charge in [-0.15, -0.1) is 0 Å². The van der Waals surface area contributed by atoms with Gasteiger partial charge in [-0.1, -0.05) is 0 Å². The molecule has 0 aliphatic rings. The van der Waals surface area contributed by atoms with Crippen LogP contribution in [-0.4, -0.2) is 43.0 Å². The molecule has 0 rings (SSSR count). The van der Waals surface area contributed by atoms with E-state index in [0.717, 1.165) is 0 Å². The molecule has 121 valence electrons. The van der Waals surface area contributed by atoms with E-state index >= 15 is 0 Å². The summed E-state index contributed by atoms with van der Waals surface area (Å²) in [7, 11) is -8.67. The molecule has 0 aromatic rings. The average molecular weight is 370 g/mol. The van der Waals surface area contributed by atoms with E-state index in [9.17, 15) is 0 Å². The quantitative estimate of drug-likeness (QED) is 0.599. The van der Waals surface area contributed by atoms with Gasteiger partial charge in [0.25, 0.3) is 0 Å². The molecular weight excluding hydrogens is 337 g/mol. The maximum absolute atomic E-state index is 6.20. The van der Waals surface area contributed by atoms with Crippen molar-refractivity contribution in [2.24, 2.45) is 0 Å². The Hall–Kier alpha value is 0.924. The average Bonchev–Trinajstić information content (AvgIpc) is 1.86. The van der Waals surface area contributed by atoms with Crippen molar-refractivity contribution in [3.63, 3.8) is 0 Å². The smallest absolute Gasteiger partial charge is 0.362 e. The highest BCUT2D eigenvalue weighted by molar-refractivity contribution is 6.86. The Bertz CT molecular complexity index is 279. The Labute approximate surface area is 131 Å². The van der Waals surface area contributed by atoms with Gasteiger partial charge in [-0.3, -0.25) is 0 Å². The largest absolute Gasteiger partial charge is 0.437 e. The van der Waals surface area contributed by atoms with Gasteiger partial charge in [-0.2, -0.15) is 0 Å². The van der Waals surface area contributed by atoms with Crippen molar-refractivity contribution in [2.45, 2.75) is 72.0 Å². The second-order valence-electron chi connectivity index (χ2n) is 7.92. The summed E-state index contributed by atoms with van der Waals surface area (Å²) in [5, 5.41) is 0. The van der Waals surface area contributed by atoms with Gasteiger partial charge in [-0.25, -0.2) is 0 Å². The normalized spacial score (nSPS) is 15.0. The van der Waals surface area contributed by atoms with E-state index in [1.54, 1.807) is 0 Å². The van der Waals surface area contributed by atoms with Gasteiger partial charge in [0.1, 0.15) is 0 Å². The Morgan fingerprint density at radius 2 is 0.800 bits per heavy atom. The predicted octanol–water partition coefficient (Wildman–Crippen LogP) is 4.24. The van der Waals surface area contributed by atoms with E-state index in [1.165, 1.54) is 0 Å². The highest BCUT2D eigenvalue weighted by atomic mass is 28.5. The molecule has 0 atom stereocenters. The monoisotopic (exact) mass is 369 g/mol. The zero-order chi connectivity index (χ0) is 16.4. The first kappa shape index (κ1) is 20.9. The third-order valence-electron chi connectivity index (χ3n) is 1.88. The Morgan fingerprint density at radius 3 is 1.00 bits per heavy atom. The first-order chi connectivity index (χ1) is 8.52. The van der Waals surface area contributed by atoms with Gasteiger partial charge in [0, 0.05) is 0 Å². The molecule has 0 saturated heterocycles. The Morgan fingerprint density at radius 1 is 0.550 bits per heavy atom. The Balaban J connectivity index is 4.52. The van der Waals surface area contributed by atoms with Gasteiger partial charge in [-0.05, 0) is 72.0 Å². The second kappa shape index (κ2) is 7.00. The molecule has 0 unspecified atom stereocenters. The molecule has 0 spiro atoms. The van der Waals surface area contributed by atoms with Crippen LogP contribution in [0.15, 0.2) is 0 Å². The molecule has 0 aromatic heterocycles. The summed E-state index contributed by atoms with van der Waals surface area (Å²) in [6, 6.07) is 0. The van der Waals surface area contributed by atoms with Gasteiger partial charge in [0.2, 0.25) is 0 Å². The van der Waals surface area contributed by atoms with E-state index in [-0.39, 0.29) is 0 Å². The highest BCUT2D eigenvalue weighted by Crippen LogP contribution is 2.20. The van der Waals surface area contributed by atoms with Crippen LogP contribution in [0.1, 0.15) is 0 Å². The molecule has 1 radical (unpaired) electrons. The van der Waals surface area contributed by atoms with Crippen molar-refractivity contribution in [2.75, 3.05) is 0 Å². The zero-order valence-electron chi connectivity index (χ0n) is 15.1. The summed E-state index contributed by atoms with van der Waals surface area (Å²) < 4.78 is 24.7. The molecule has 0 fully saturated rings. The summed E-state index contributed by atoms with van der Waals surface area (Å²) in [4.78, 5) is 0. The zero-order valence-corrected chi connectivity index (χ0v) is 20.1. The van der Waals surface area contributed by atoms with Crippen molar-refractivity contribution in [3.8, 4) is 0 Å². The summed E-state index contributed by atoms with van der Waals surface area (Å²) in [6.45, 7) is 23.7. The minimum Gasteiger partial charge on any atom is -0.437 e. The number of hydrogen-bond donors (Lipinski definition) is 0. The highest BCUT2D eigenvalue weighted by Gasteiger charge is 2.38. The first-order valence-corrected chi connectivity index (χ1v) is 21.4. The minimum atomic E-state index is -2.10. The lowest BCUT2D eigenvalue weighted by atomic mass is 11.8. The fraction of sp³-hybridized carbons (Fsp3) is 1.00. The Kier molecular flexibility index (Phi) is 7.33. The molecular formula is C11H33O4Si5. The van der Waals surface area contributed by atoms with Crippen LogP contribution >= 0.6 is 0 Å². The minimum absolute atomic E-state index is 1.33. The predicted molar refractivity (Wildman–Crippen MR) is 97.6 cm³/mol. The molecule has 9 heteroatoms. The lowest BCUT2D eigenvalue weighted by Crippen LogP contribution is -2.52. The van der Waals surface area contributed by atoms with E-state index in [0.29, 0.717) is 0 Å². The van der Waals surface area contributed by atoms with Crippen LogP contribution in [0.2, 0.25) is 72.0 Å². The van der Waals surface area contributed by atoms with Crippen LogP contribution in [0.25, 0.3) is 0 Å². The molecule has 0 saturated carbocycles. The standard InChI is InChI=1S/C11H33O4Si5/c1-16(12-19(8,9)14-17(2,3)4)13-20(10,11)15-18(5,6)7/h1-11H3. The molecule has 20 heavy (non-hydrogen) atoms. The van der Waals surface area contributed by atoms with E-state index in [1.807, 2.05) is 0 Å². The van der Waals surface area contributed by atoms with Crippen LogP contribution in [0.5, 0.6) is 0 Å². The molecule has 0 amide bonds. The first-order valence-electron chi connectivity index (χ1n) is 7.13. The maximum atomic E-state index is 6.20. The molecule has 4 nitrogen and oxygen atoms in total. The summed E-state index contributed by atoms with van der Waals surface area (Å²) in [6.07, 6.45) is 0. The van der Waals surface area contributed by atoms with E-state index in [4.69, 9.17) is 16.5 Å². The number of rotatable bonds is 8. The van der Waals surface area contributed by atoms with E-state index in [2.05, 4.69) is 72.0 Å². The molecule has 0 aliphatic heterocycles. The lowest BCUT2D eigenvalue weighted by Gasteiger charge is -2.36. The summed E-state index contributed by atoms with van der Waals surface area (Å²) >= 11 is 0. The molecule has 0 aromatic carbocycles. The fourth-order valence-electron chi connectivity index (χ4n) is 2.23. The third kappa shape index (κ3) is 11.6. The topological polar surface area (TPSA) is 36.9 Å². The van der Waals surface area contributed by atoms with Crippen molar-refractivity contribution in [1.29, 1.82) is 0 Å². The maximum Gasteiger partial charge on any atom is 0.362 e. The van der Waals surface area contributed by atoms with Crippen LogP contribution in [0.4, 0.5) is 0 Å². The lowest BCUT2D eigenvalue weighted by molar-refractivity contribution is 0.320. The fourth-order valence-corrected chi connectivity index (χ4v) is 21.2. The van der Waals surface area contributed by atoms with Crippen LogP contribution in [0, 0.1) is 0 Å². The molecule has 0 N–H and O–H groups in total. The van der Waals surface area contributed by atoms with Gasteiger partial charge < -0.3 is 16.5 Å². The second-order valence-corrected chi connectivity index (χ2v) is 26.2. The van der Waals surface area contributed by atoms with Gasteiger partial charge in [0.05, 0.1) is 0 Å².